The van der Waals surface area contributed by atoms with Crippen LogP contribution in [0.25, 0.3) is 0 Å². The van der Waals surface area contributed by atoms with E-state index in [1.165, 1.54) is 0 Å². The Morgan fingerprint density at radius 2 is 0.772 bits per heavy atom. The first-order valence-corrected chi connectivity index (χ1v) is 23.3. The molecule has 1 aliphatic heterocycles. The van der Waals surface area contributed by atoms with Crippen LogP contribution in [0.2, 0.25) is 0 Å². The van der Waals surface area contributed by atoms with Crippen LogP contribution in [-0.4, -0.2) is 67.2 Å². The molecule has 0 aliphatic carbocycles. The molecule has 4 atom stereocenters. The molecule has 0 aromatic carbocycles. The molecule has 1 heterocycles. The summed E-state index contributed by atoms with van der Waals surface area (Å²) in [4.78, 5) is 66.7. The van der Waals surface area contributed by atoms with Crippen LogP contribution in [0.15, 0.2) is 0 Å². The molecule has 57 heavy (non-hydrogen) atoms. The lowest BCUT2D eigenvalue weighted by molar-refractivity contribution is -0.271. The van der Waals surface area contributed by atoms with Gasteiger partial charge in [0, 0.05) is 32.1 Å². The molecular formula is C46H82O11. The summed E-state index contributed by atoms with van der Waals surface area (Å²) in [7, 11) is 0. The standard InChI is InChI=1S/C46H82O11/c1-6-11-16-21-26-31-39(47)52-36-38-44(54-41(49)33-28-23-18-13-8-3)45(55-42(50)34-29-24-19-14-9-4)46(56-38,57-43(51)35-30-25-20-15-10-5)37-53-40(48)32-27-22-17-12-7-2/h38,44-45H,6-37H2,1-5H3/t38-,44-,45+,46-/m1/s1. The van der Waals surface area contributed by atoms with E-state index in [-0.39, 0.29) is 38.7 Å². The van der Waals surface area contributed by atoms with Gasteiger partial charge in [0.25, 0.3) is 5.79 Å². The summed E-state index contributed by atoms with van der Waals surface area (Å²) in [6, 6.07) is 0. The number of rotatable bonds is 37. The van der Waals surface area contributed by atoms with E-state index < -0.39 is 60.6 Å². The van der Waals surface area contributed by atoms with Gasteiger partial charge in [0.15, 0.2) is 12.7 Å². The maximum absolute atomic E-state index is 13.6. The molecule has 0 aromatic heterocycles. The molecule has 0 saturated carbocycles. The third kappa shape index (κ3) is 24.7. The van der Waals surface area contributed by atoms with Crippen LogP contribution < -0.4 is 0 Å². The Morgan fingerprint density at radius 3 is 1.19 bits per heavy atom. The van der Waals surface area contributed by atoms with Crippen LogP contribution in [0.5, 0.6) is 0 Å². The van der Waals surface area contributed by atoms with Crippen LogP contribution in [0.3, 0.4) is 0 Å². The maximum Gasteiger partial charge on any atom is 0.308 e. The van der Waals surface area contributed by atoms with Crippen molar-refractivity contribution < 1.29 is 52.4 Å². The molecule has 0 amide bonds. The first kappa shape index (κ1) is 52.3. The van der Waals surface area contributed by atoms with Crippen LogP contribution in [0.4, 0.5) is 0 Å². The molecular weight excluding hydrogens is 728 g/mol. The second-order valence-electron chi connectivity index (χ2n) is 16.0. The molecule has 1 aliphatic rings. The number of esters is 5. The van der Waals surface area contributed by atoms with Crippen molar-refractivity contribution in [3.8, 4) is 0 Å². The first-order valence-electron chi connectivity index (χ1n) is 23.3. The fraction of sp³-hybridized carbons (Fsp3) is 0.891. The van der Waals surface area contributed by atoms with Gasteiger partial charge >= 0.3 is 29.8 Å². The number of hydrogen-bond donors (Lipinski definition) is 0. The highest BCUT2D eigenvalue weighted by Gasteiger charge is 2.63. The fourth-order valence-electron chi connectivity index (χ4n) is 7.01. The molecule has 1 saturated heterocycles. The number of unbranched alkanes of at least 4 members (excludes halogenated alkanes) is 20. The van der Waals surface area contributed by atoms with Gasteiger partial charge in [-0.05, 0) is 32.1 Å². The lowest BCUT2D eigenvalue weighted by Crippen LogP contribution is -2.53. The van der Waals surface area contributed by atoms with E-state index in [0.29, 0.717) is 32.1 Å². The Labute approximate surface area is 346 Å². The van der Waals surface area contributed by atoms with Crippen molar-refractivity contribution in [1.29, 1.82) is 0 Å². The van der Waals surface area contributed by atoms with Gasteiger partial charge in [-0.1, -0.05) is 163 Å². The monoisotopic (exact) mass is 811 g/mol. The summed E-state index contributed by atoms with van der Waals surface area (Å²) in [5.41, 5.74) is 0. The van der Waals surface area contributed by atoms with Crippen LogP contribution in [0.1, 0.15) is 227 Å². The SMILES string of the molecule is CCCCCCCC(=O)OC[C@H]1O[C@](COC(=O)CCCCCCC)(OC(=O)CCCCCCC)[C@@H](OC(=O)CCCCCCC)[C@@H]1OC(=O)CCCCCCC. The molecule has 1 rings (SSSR count). The average molecular weight is 811 g/mol. The van der Waals surface area contributed by atoms with E-state index >= 15 is 0 Å². The second kappa shape index (κ2) is 34.2. The lowest BCUT2D eigenvalue weighted by Gasteiger charge is -2.33. The van der Waals surface area contributed by atoms with Crippen LogP contribution in [-0.2, 0) is 52.4 Å². The molecule has 0 radical (unpaired) electrons. The normalized spacial score (nSPS) is 18.9. The number of carbonyl (C=O) groups excluding carboxylic acids is 5. The van der Waals surface area contributed by atoms with Gasteiger partial charge in [0.05, 0.1) is 0 Å². The highest BCUT2D eigenvalue weighted by atomic mass is 16.8. The molecule has 1 fully saturated rings. The van der Waals surface area contributed by atoms with E-state index in [1.807, 2.05) is 0 Å². The first-order chi connectivity index (χ1) is 27.7. The lowest BCUT2D eigenvalue weighted by atomic mass is 10.0. The quantitative estimate of drug-likeness (QED) is 0.0336. The van der Waals surface area contributed by atoms with Crippen molar-refractivity contribution in [3.05, 3.63) is 0 Å². The summed E-state index contributed by atoms with van der Waals surface area (Å²) in [5, 5.41) is 0. The van der Waals surface area contributed by atoms with Crippen molar-refractivity contribution in [2.45, 2.75) is 251 Å². The van der Waals surface area contributed by atoms with Gasteiger partial charge in [-0.15, -0.1) is 0 Å². The van der Waals surface area contributed by atoms with Gasteiger partial charge < -0.3 is 28.4 Å². The van der Waals surface area contributed by atoms with Crippen LogP contribution >= 0.6 is 0 Å². The van der Waals surface area contributed by atoms with Gasteiger partial charge in [-0.2, -0.15) is 0 Å². The average Bonchev–Trinajstić information content (AvgIpc) is 3.46. The largest absolute Gasteiger partial charge is 0.463 e. The van der Waals surface area contributed by atoms with Gasteiger partial charge in [0.1, 0.15) is 12.7 Å². The Hall–Kier alpha value is -2.69. The summed E-state index contributed by atoms with van der Waals surface area (Å²) in [6.45, 7) is 9.69. The summed E-state index contributed by atoms with van der Waals surface area (Å²) < 4.78 is 36.2. The van der Waals surface area contributed by atoms with Gasteiger partial charge in [0.2, 0.25) is 6.10 Å². The van der Waals surface area contributed by atoms with Crippen molar-refractivity contribution in [3.63, 3.8) is 0 Å². The van der Waals surface area contributed by atoms with Crippen molar-refractivity contribution in [2.75, 3.05) is 13.2 Å². The van der Waals surface area contributed by atoms with Crippen LogP contribution in [0, 0.1) is 0 Å². The predicted molar refractivity (Wildman–Crippen MR) is 222 cm³/mol. The molecule has 332 valence electrons. The Balaban J connectivity index is 3.48. The van der Waals surface area contributed by atoms with Crippen molar-refractivity contribution >= 4 is 29.8 Å². The maximum atomic E-state index is 13.6. The number of carbonyl (C=O) groups is 5. The van der Waals surface area contributed by atoms with Crippen molar-refractivity contribution in [1.82, 2.24) is 0 Å². The second-order valence-corrected chi connectivity index (χ2v) is 16.0. The minimum atomic E-state index is -2.13. The fourth-order valence-corrected chi connectivity index (χ4v) is 7.01. The molecule has 0 bridgehead atoms. The Kier molecular flexibility index (Phi) is 31.4. The molecule has 11 heteroatoms. The number of hydrogen-bond acceptors (Lipinski definition) is 11. The van der Waals surface area contributed by atoms with Gasteiger partial charge in [-0.25, -0.2) is 0 Å². The topological polar surface area (TPSA) is 141 Å². The van der Waals surface area contributed by atoms with E-state index in [0.717, 1.165) is 128 Å². The minimum absolute atomic E-state index is 0.0677. The summed E-state index contributed by atoms with van der Waals surface area (Å²) >= 11 is 0. The van der Waals surface area contributed by atoms with E-state index in [2.05, 4.69) is 34.6 Å². The van der Waals surface area contributed by atoms with Crippen molar-refractivity contribution in [2.24, 2.45) is 0 Å². The molecule has 0 spiro atoms. The molecule has 0 N–H and O–H groups in total. The number of ether oxygens (including phenoxy) is 6. The van der Waals surface area contributed by atoms with E-state index in [1.54, 1.807) is 0 Å². The highest BCUT2D eigenvalue weighted by Crippen LogP contribution is 2.39. The smallest absolute Gasteiger partial charge is 0.308 e. The highest BCUT2D eigenvalue weighted by molar-refractivity contribution is 5.73. The van der Waals surface area contributed by atoms with E-state index in [4.69, 9.17) is 28.4 Å². The third-order valence-corrected chi connectivity index (χ3v) is 10.5. The zero-order chi connectivity index (χ0) is 42.0. The minimum Gasteiger partial charge on any atom is -0.463 e. The predicted octanol–water partition coefficient (Wildman–Crippen LogP) is 11.3. The third-order valence-electron chi connectivity index (χ3n) is 10.5. The Morgan fingerprint density at radius 1 is 0.421 bits per heavy atom. The van der Waals surface area contributed by atoms with E-state index in [9.17, 15) is 24.0 Å². The zero-order valence-corrected chi connectivity index (χ0v) is 36.9. The molecule has 0 unspecified atom stereocenters. The summed E-state index contributed by atoms with van der Waals surface area (Å²) in [6.07, 6.45) is 19.8. The zero-order valence-electron chi connectivity index (χ0n) is 36.9. The Bertz CT molecular complexity index is 1080. The molecule has 0 aromatic rings. The van der Waals surface area contributed by atoms with Gasteiger partial charge in [-0.3, -0.25) is 24.0 Å². The molecule has 11 nitrogen and oxygen atoms in total. The summed E-state index contributed by atoms with van der Waals surface area (Å²) in [5.74, 6) is -4.80.